The number of nitrogens with zero attached hydrogens (tertiary/aromatic N) is 3. The molecular formula is C14H16Cl2N4O3. The van der Waals surface area contributed by atoms with Gasteiger partial charge in [0.15, 0.2) is 11.6 Å². The number of anilines is 1. The van der Waals surface area contributed by atoms with E-state index in [1.165, 1.54) is 25.7 Å². The Kier molecular flexibility index (Phi) is 6.35. The van der Waals surface area contributed by atoms with Crippen molar-refractivity contribution in [3.63, 3.8) is 0 Å². The fraction of sp³-hybridized carbons (Fsp3) is 0.357. The highest BCUT2D eigenvalue weighted by atomic mass is 35.5. The Hall–Kier alpha value is -1.67. The minimum absolute atomic E-state index is 0.133. The van der Waals surface area contributed by atoms with Crippen molar-refractivity contribution in [3.8, 4) is 5.75 Å². The second-order valence-corrected chi connectivity index (χ2v) is 5.40. The number of methoxy groups -OCH3 is 2. The van der Waals surface area contributed by atoms with Gasteiger partial charge >= 0.3 is 0 Å². The van der Waals surface area contributed by atoms with E-state index in [1.54, 1.807) is 7.11 Å². The van der Waals surface area contributed by atoms with Crippen molar-refractivity contribution >= 4 is 29.0 Å². The van der Waals surface area contributed by atoms with Crippen LogP contribution in [0.2, 0.25) is 10.0 Å². The summed E-state index contributed by atoms with van der Waals surface area (Å²) in [5.41, 5.74) is 0.929. The molecule has 9 heteroatoms. The zero-order chi connectivity index (χ0) is 16.8. The van der Waals surface area contributed by atoms with Crippen molar-refractivity contribution < 1.29 is 14.6 Å². The molecule has 2 N–H and O–H groups in total. The molecule has 1 atom stereocenters. The third-order valence-electron chi connectivity index (χ3n) is 2.98. The van der Waals surface area contributed by atoms with Gasteiger partial charge in [-0.15, -0.1) is 0 Å². The van der Waals surface area contributed by atoms with Gasteiger partial charge in [-0.3, -0.25) is 4.98 Å². The van der Waals surface area contributed by atoms with E-state index in [9.17, 15) is 5.11 Å². The summed E-state index contributed by atoms with van der Waals surface area (Å²) in [6.45, 7) is 0.418. The SMILES string of the molecule is COCc1ncnc(NCC(O)c2ncc(Cl)cc2Cl)c1OC. The molecule has 0 amide bonds. The molecule has 0 aliphatic heterocycles. The summed E-state index contributed by atoms with van der Waals surface area (Å²) in [7, 11) is 3.07. The highest BCUT2D eigenvalue weighted by molar-refractivity contribution is 6.34. The Morgan fingerprint density at radius 3 is 2.70 bits per heavy atom. The standard InChI is InChI=1S/C14H16Cl2N4O3/c1-22-6-10-13(23-2)14(20-7-19-10)18-5-11(21)12-9(16)3-8(15)4-17-12/h3-4,7,11,21H,5-6H2,1-2H3,(H,18,19,20). The van der Waals surface area contributed by atoms with Crippen LogP contribution in [-0.4, -0.2) is 40.8 Å². The normalized spacial score (nSPS) is 12.0. The molecule has 0 aliphatic carbocycles. The average Bonchev–Trinajstić information content (AvgIpc) is 2.53. The summed E-state index contributed by atoms with van der Waals surface area (Å²) in [4.78, 5) is 12.2. The predicted molar refractivity (Wildman–Crippen MR) is 87.0 cm³/mol. The lowest BCUT2D eigenvalue weighted by atomic mass is 10.2. The van der Waals surface area contributed by atoms with Crippen LogP contribution in [0.5, 0.6) is 5.75 Å². The first kappa shape index (κ1) is 17.7. The molecule has 2 rings (SSSR count). The molecule has 23 heavy (non-hydrogen) atoms. The summed E-state index contributed by atoms with van der Waals surface area (Å²) < 4.78 is 10.4. The first-order valence-corrected chi connectivity index (χ1v) is 7.42. The molecule has 0 saturated carbocycles. The zero-order valence-corrected chi connectivity index (χ0v) is 14.1. The van der Waals surface area contributed by atoms with Crippen LogP contribution in [-0.2, 0) is 11.3 Å². The van der Waals surface area contributed by atoms with Gasteiger partial charge < -0.3 is 19.9 Å². The number of hydrogen-bond donors (Lipinski definition) is 2. The molecule has 2 aromatic heterocycles. The maximum absolute atomic E-state index is 10.2. The molecule has 7 nitrogen and oxygen atoms in total. The molecular weight excluding hydrogens is 343 g/mol. The number of aliphatic hydroxyl groups excluding tert-OH is 1. The van der Waals surface area contributed by atoms with Crippen LogP contribution in [0.25, 0.3) is 0 Å². The van der Waals surface area contributed by atoms with Crippen molar-refractivity contribution in [1.82, 2.24) is 15.0 Å². The van der Waals surface area contributed by atoms with E-state index in [1.807, 2.05) is 0 Å². The fourth-order valence-electron chi connectivity index (χ4n) is 1.95. The number of ether oxygens (including phenoxy) is 2. The Balaban J connectivity index is 2.12. The molecule has 1 unspecified atom stereocenters. The van der Waals surface area contributed by atoms with Gasteiger partial charge in [0.25, 0.3) is 0 Å². The van der Waals surface area contributed by atoms with E-state index >= 15 is 0 Å². The monoisotopic (exact) mass is 358 g/mol. The lowest BCUT2D eigenvalue weighted by Crippen LogP contribution is -2.16. The van der Waals surface area contributed by atoms with E-state index < -0.39 is 6.10 Å². The van der Waals surface area contributed by atoms with Crippen molar-refractivity contribution in [1.29, 1.82) is 0 Å². The highest BCUT2D eigenvalue weighted by Crippen LogP contribution is 2.27. The van der Waals surface area contributed by atoms with Gasteiger partial charge in [0, 0.05) is 19.9 Å². The number of pyridine rings is 1. The highest BCUT2D eigenvalue weighted by Gasteiger charge is 2.17. The number of hydrogen-bond acceptors (Lipinski definition) is 7. The second-order valence-electron chi connectivity index (χ2n) is 4.55. The molecule has 2 heterocycles. The maximum atomic E-state index is 10.2. The van der Waals surface area contributed by atoms with Gasteiger partial charge in [0.2, 0.25) is 0 Å². The van der Waals surface area contributed by atoms with Gasteiger partial charge in [0.05, 0.1) is 29.5 Å². The zero-order valence-electron chi connectivity index (χ0n) is 12.6. The second kappa shape index (κ2) is 8.26. The summed E-state index contributed by atoms with van der Waals surface area (Å²) in [6.07, 6.45) is 1.87. The van der Waals surface area contributed by atoms with Gasteiger partial charge in [-0.1, -0.05) is 23.2 Å². The summed E-state index contributed by atoms with van der Waals surface area (Å²) >= 11 is 11.8. The van der Waals surface area contributed by atoms with E-state index in [-0.39, 0.29) is 13.2 Å². The molecule has 2 aromatic rings. The Bertz CT molecular complexity index is 672. The Labute approximate surface area is 143 Å². The van der Waals surface area contributed by atoms with Crippen LogP contribution in [0, 0.1) is 0 Å². The minimum atomic E-state index is -0.940. The van der Waals surface area contributed by atoms with E-state index in [2.05, 4.69) is 20.3 Å². The van der Waals surface area contributed by atoms with Gasteiger partial charge in [-0.25, -0.2) is 9.97 Å². The van der Waals surface area contributed by atoms with Crippen molar-refractivity contribution in [2.24, 2.45) is 0 Å². The van der Waals surface area contributed by atoms with E-state index in [0.29, 0.717) is 33.0 Å². The third-order valence-corrected chi connectivity index (χ3v) is 3.49. The number of nitrogens with one attached hydrogen (secondary N) is 1. The minimum Gasteiger partial charge on any atom is -0.491 e. The lowest BCUT2D eigenvalue weighted by Gasteiger charge is -2.16. The smallest absolute Gasteiger partial charge is 0.185 e. The summed E-state index contributed by atoms with van der Waals surface area (Å²) in [6, 6.07) is 1.52. The van der Waals surface area contributed by atoms with Crippen LogP contribution >= 0.6 is 23.2 Å². The van der Waals surface area contributed by atoms with Crippen LogP contribution in [0.4, 0.5) is 5.82 Å². The van der Waals surface area contributed by atoms with Crippen LogP contribution in [0.15, 0.2) is 18.6 Å². The van der Waals surface area contributed by atoms with Crippen LogP contribution < -0.4 is 10.1 Å². The Morgan fingerprint density at radius 2 is 2.04 bits per heavy atom. The topological polar surface area (TPSA) is 89.4 Å². The molecule has 0 saturated heterocycles. The molecule has 124 valence electrons. The van der Waals surface area contributed by atoms with Crippen molar-refractivity contribution in [2.45, 2.75) is 12.7 Å². The predicted octanol–water partition coefficient (Wildman–Crippen LogP) is 2.48. The molecule has 0 spiro atoms. The third kappa shape index (κ3) is 4.42. The first-order valence-electron chi connectivity index (χ1n) is 6.66. The fourth-order valence-corrected chi connectivity index (χ4v) is 2.46. The van der Waals surface area contributed by atoms with E-state index in [0.717, 1.165) is 0 Å². The number of aliphatic hydroxyl groups is 1. The van der Waals surface area contributed by atoms with Crippen molar-refractivity contribution in [3.05, 3.63) is 40.0 Å². The van der Waals surface area contributed by atoms with E-state index in [4.69, 9.17) is 32.7 Å². The van der Waals surface area contributed by atoms with Crippen LogP contribution in [0.3, 0.4) is 0 Å². The van der Waals surface area contributed by atoms with Gasteiger partial charge in [-0.05, 0) is 6.07 Å². The van der Waals surface area contributed by atoms with Gasteiger partial charge in [-0.2, -0.15) is 0 Å². The quantitative estimate of drug-likeness (QED) is 0.785. The lowest BCUT2D eigenvalue weighted by molar-refractivity contribution is 0.177. The molecule has 0 fully saturated rings. The molecule has 0 radical (unpaired) electrons. The molecule has 0 aliphatic rings. The van der Waals surface area contributed by atoms with Crippen molar-refractivity contribution in [2.75, 3.05) is 26.1 Å². The molecule has 0 aromatic carbocycles. The number of aromatic nitrogens is 3. The van der Waals surface area contributed by atoms with Gasteiger partial charge in [0.1, 0.15) is 18.1 Å². The molecule has 0 bridgehead atoms. The Morgan fingerprint density at radius 1 is 1.26 bits per heavy atom. The largest absolute Gasteiger partial charge is 0.491 e. The van der Waals surface area contributed by atoms with Crippen LogP contribution in [0.1, 0.15) is 17.5 Å². The maximum Gasteiger partial charge on any atom is 0.185 e. The number of halogens is 2. The summed E-state index contributed by atoms with van der Waals surface area (Å²) in [5, 5.41) is 13.9. The average molecular weight is 359 g/mol. The first-order chi connectivity index (χ1) is 11.1. The summed E-state index contributed by atoms with van der Waals surface area (Å²) in [5.74, 6) is 0.899. The number of rotatable bonds is 7.